The molecule has 1 aliphatic rings. The standard InChI is InChI=1S/C21H25FN7O5S/c1-12(2)18-26-21(34-27-18)13-6-8-28(9-7-13)20-17(29(30)31)19(23-11-24-20)25-16-5-4-14(10-15(16)22)35(3,32)33/h4-5,10-13,29H,6-9H2,1-3H3,(H,23,24,25)/q-1. The molecule has 1 fully saturated rings. The average Bonchev–Trinajstić information content (AvgIpc) is 3.30. The summed E-state index contributed by atoms with van der Waals surface area (Å²) in [4.78, 5) is 14.2. The van der Waals surface area contributed by atoms with E-state index in [2.05, 4.69) is 25.4 Å². The minimum atomic E-state index is -3.60. The van der Waals surface area contributed by atoms with Crippen LogP contribution in [0.2, 0.25) is 0 Å². The molecule has 2 N–H and O–H groups in total. The Hall–Kier alpha value is -3.20. The highest BCUT2D eigenvalue weighted by atomic mass is 32.2. The molecular formula is C21H25FN7O5S-. The highest BCUT2D eigenvalue weighted by Gasteiger charge is 2.29. The van der Waals surface area contributed by atoms with Crippen molar-refractivity contribution >= 4 is 32.8 Å². The number of nitrogens with one attached hydrogen (secondary N) is 2. The lowest BCUT2D eigenvalue weighted by Crippen LogP contribution is -2.96. The summed E-state index contributed by atoms with van der Waals surface area (Å²) in [5.41, 5.74) is -0.460. The van der Waals surface area contributed by atoms with Crippen molar-refractivity contribution in [2.45, 2.75) is 43.4 Å². The summed E-state index contributed by atoms with van der Waals surface area (Å²) in [6, 6.07) is 3.27. The smallest absolute Gasteiger partial charge is 0.229 e. The van der Waals surface area contributed by atoms with Gasteiger partial charge in [0.05, 0.1) is 10.6 Å². The number of rotatable bonds is 7. The summed E-state index contributed by atoms with van der Waals surface area (Å²) in [7, 11) is -3.60. The van der Waals surface area contributed by atoms with Crippen LogP contribution in [-0.2, 0) is 9.84 Å². The van der Waals surface area contributed by atoms with E-state index in [4.69, 9.17) is 4.52 Å². The minimum Gasteiger partial charge on any atom is -0.627 e. The van der Waals surface area contributed by atoms with Crippen molar-refractivity contribution < 1.29 is 22.6 Å². The lowest BCUT2D eigenvalue weighted by atomic mass is 9.96. The van der Waals surface area contributed by atoms with Crippen molar-refractivity contribution in [3.05, 3.63) is 52.5 Å². The van der Waals surface area contributed by atoms with E-state index in [0.717, 1.165) is 12.3 Å². The van der Waals surface area contributed by atoms with Gasteiger partial charge in [-0.25, -0.2) is 22.8 Å². The van der Waals surface area contributed by atoms with Gasteiger partial charge in [-0.05, 0) is 31.0 Å². The second-order valence-corrected chi connectivity index (χ2v) is 10.7. The molecule has 3 heterocycles. The highest BCUT2D eigenvalue weighted by molar-refractivity contribution is 7.90. The van der Waals surface area contributed by atoms with Gasteiger partial charge in [-0.3, -0.25) is 0 Å². The molecule has 12 nitrogen and oxygen atoms in total. The Kier molecular flexibility index (Phi) is 6.98. The van der Waals surface area contributed by atoms with Gasteiger partial charge >= 0.3 is 0 Å². The average molecular weight is 507 g/mol. The van der Waals surface area contributed by atoms with Gasteiger partial charge in [0, 0.05) is 31.2 Å². The summed E-state index contributed by atoms with van der Waals surface area (Å²) in [5, 5.41) is 29.2. The van der Waals surface area contributed by atoms with Gasteiger partial charge in [-0.1, -0.05) is 19.0 Å². The number of hydrogen-bond donors (Lipinski definition) is 2. The zero-order valence-corrected chi connectivity index (χ0v) is 20.2. The zero-order valence-electron chi connectivity index (χ0n) is 19.4. The van der Waals surface area contributed by atoms with Crippen molar-refractivity contribution in [1.82, 2.24) is 20.1 Å². The Balaban J connectivity index is 1.55. The van der Waals surface area contributed by atoms with E-state index in [9.17, 15) is 23.2 Å². The third-order valence-corrected chi connectivity index (χ3v) is 6.88. The Morgan fingerprint density at radius 2 is 1.94 bits per heavy atom. The van der Waals surface area contributed by atoms with Gasteiger partial charge in [-0.15, -0.1) is 0 Å². The Morgan fingerprint density at radius 1 is 1.23 bits per heavy atom. The van der Waals surface area contributed by atoms with Crippen molar-refractivity contribution in [1.29, 1.82) is 0 Å². The van der Waals surface area contributed by atoms with E-state index in [1.165, 1.54) is 18.5 Å². The molecular weight excluding hydrogens is 481 g/mol. The van der Waals surface area contributed by atoms with Gasteiger partial charge in [0.25, 0.3) is 0 Å². The summed E-state index contributed by atoms with van der Waals surface area (Å²) in [6.45, 7) is 4.90. The SMILES string of the molecule is CC(C)c1noc(C2CCN(c3ncnc(Nc4ccc(S(C)(=O)=O)cc4F)c3[NH+]([O-])[O-])CC2)n1. The molecule has 0 spiro atoms. The van der Waals surface area contributed by atoms with Gasteiger partial charge in [0.15, 0.2) is 27.3 Å². The van der Waals surface area contributed by atoms with Gasteiger partial charge in [-0.2, -0.15) is 4.98 Å². The molecule has 1 aromatic carbocycles. The summed E-state index contributed by atoms with van der Waals surface area (Å²) >= 11 is 0. The van der Waals surface area contributed by atoms with Crippen LogP contribution in [0.3, 0.4) is 0 Å². The maximum absolute atomic E-state index is 14.5. The van der Waals surface area contributed by atoms with E-state index in [1.54, 1.807) is 4.90 Å². The second-order valence-electron chi connectivity index (χ2n) is 8.65. The first kappa shape index (κ1) is 24.9. The Labute approximate surface area is 201 Å². The zero-order chi connectivity index (χ0) is 25.3. The van der Waals surface area contributed by atoms with Crippen LogP contribution >= 0.6 is 0 Å². The number of halogens is 1. The predicted octanol–water partition coefficient (Wildman–Crippen LogP) is 2.17. The topological polar surface area (TPSA) is 165 Å². The maximum atomic E-state index is 14.5. The first-order valence-corrected chi connectivity index (χ1v) is 12.8. The molecule has 2 aromatic heterocycles. The molecule has 0 bridgehead atoms. The monoisotopic (exact) mass is 506 g/mol. The molecule has 0 amide bonds. The number of hydrogen-bond acceptors (Lipinski definition) is 11. The lowest BCUT2D eigenvalue weighted by molar-refractivity contribution is -0.714. The molecule has 35 heavy (non-hydrogen) atoms. The molecule has 0 unspecified atom stereocenters. The normalized spacial score (nSPS) is 15.3. The van der Waals surface area contributed by atoms with Gasteiger partial charge in [0.2, 0.25) is 11.6 Å². The quantitative estimate of drug-likeness (QED) is 0.451. The van der Waals surface area contributed by atoms with Crippen LogP contribution in [0, 0.1) is 16.2 Å². The van der Waals surface area contributed by atoms with Crippen LogP contribution < -0.4 is 15.4 Å². The largest absolute Gasteiger partial charge is 0.627 e. The maximum Gasteiger partial charge on any atom is 0.229 e. The molecule has 1 aliphatic heterocycles. The molecule has 0 radical (unpaired) electrons. The van der Waals surface area contributed by atoms with Crippen LogP contribution in [0.15, 0.2) is 33.9 Å². The second kappa shape index (κ2) is 9.81. The first-order valence-electron chi connectivity index (χ1n) is 11.0. The van der Waals surface area contributed by atoms with Crippen LogP contribution in [-0.4, -0.2) is 47.9 Å². The van der Waals surface area contributed by atoms with Crippen molar-refractivity contribution in [2.24, 2.45) is 0 Å². The van der Waals surface area contributed by atoms with Crippen LogP contribution in [0.1, 0.15) is 50.2 Å². The molecule has 0 aliphatic carbocycles. The van der Waals surface area contributed by atoms with Crippen molar-refractivity contribution in [3.63, 3.8) is 0 Å². The van der Waals surface area contributed by atoms with E-state index < -0.39 is 20.9 Å². The van der Waals surface area contributed by atoms with E-state index >= 15 is 0 Å². The Morgan fingerprint density at radius 3 is 2.51 bits per heavy atom. The first-order chi connectivity index (χ1) is 16.5. The van der Waals surface area contributed by atoms with Gasteiger partial charge < -0.3 is 30.4 Å². The van der Waals surface area contributed by atoms with Crippen molar-refractivity contribution in [2.75, 3.05) is 29.6 Å². The van der Waals surface area contributed by atoms with Crippen LogP contribution in [0.5, 0.6) is 0 Å². The molecule has 0 saturated carbocycles. The van der Waals surface area contributed by atoms with E-state index in [0.29, 0.717) is 37.6 Å². The fraction of sp³-hybridized carbons (Fsp3) is 0.429. The van der Waals surface area contributed by atoms with Gasteiger partial charge in [0.1, 0.15) is 12.1 Å². The highest BCUT2D eigenvalue weighted by Crippen LogP contribution is 2.34. The number of benzene rings is 1. The third-order valence-electron chi connectivity index (χ3n) is 5.77. The number of nitrogens with zero attached hydrogens (tertiary/aromatic N) is 5. The third kappa shape index (κ3) is 5.40. The molecule has 4 rings (SSSR count). The lowest BCUT2D eigenvalue weighted by Gasteiger charge is -2.35. The molecule has 1 saturated heterocycles. The predicted molar refractivity (Wildman–Crippen MR) is 125 cm³/mol. The van der Waals surface area contributed by atoms with Crippen molar-refractivity contribution in [3.8, 4) is 0 Å². The summed E-state index contributed by atoms with van der Waals surface area (Å²) in [6.07, 6.45) is 3.41. The molecule has 188 valence electrons. The number of quaternary nitrogens is 1. The van der Waals surface area contributed by atoms with E-state index in [1.807, 2.05) is 13.8 Å². The van der Waals surface area contributed by atoms with Crippen LogP contribution in [0.25, 0.3) is 0 Å². The summed E-state index contributed by atoms with van der Waals surface area (Å²) < 4.78 is 43.2. The van der Waals surface area contributed by atoms with Crippen LogP contribution in [0.4, 0.5) is 27.4 Å². The number of piperidine rings is 1. The number of anilines is 3. The fourth-order valence-electron chi connectivity index (χ4n) is 3.84. The number of aromatic nitrogens is 4. The molecule has 0 atom stereocenters. The minimum absolute atomic E-state index is 0.0412. The molecule has 14 heteroatoms. The Bertz CT molecular complexity index is 1310. The fourth-order valence-corrected chi connectivity index (χ4v) is 4.47. The van der Waals surface area contributed by atoms with E-state index in [-0.39, 0.29) is 39.7 Å². The number of sulfone groups is 1. The molecule has 3 aromatic rings. The summed E-state index contributed by atoms with van der Waals surface area (Å²) in [5.74, 6) is 0.497.